The van der Waals surface area contributed by atoms with Gasteiger partial charge >= 0.3 is 0 Å². The lowest BCUT2D eigenvalue weighted by Crippen LogP contribution is -2.47. The monoisotopic (exact) mass is 345 g/mol. The van der Waals surface area contributed by atoms with Crippen LogP contribution in [0.5, 0.6) is 0 Å². The normalized spacial score (nSPS) is 18.4. The molecule has 0 spiro atoms. The van der Waals surface area contributed by atoms with E-state index in [1.165, 1.54) is 16.9 Å². The van der Waals surface area contributed by atoms with Crippen molar-refractivity contribution in [1.82, 2.24) is 20.2 Å². The fraction of sp³-hybridized carbons (Fsp3) is 0.471. The number of pyridine rings is 1. The molecular weight excluding hydrogens is 322 g/mol. The molecule has 1 saturated heterocycles. The lowest BCUT2D eigenvalue weighted by Gasteiger charge is -2.33. The minimum absolute atomic E-state index is 0.0924. The van der Waals surface area contributed by atoms with Gasteiger partial charge in [0, 0.05) is 43.3 Å². The summed E-state index contributed by atoms with van der Waals surface area (Å²) in [6.07, 6.45) is 6.95. The number of thiazole rings is 1. The van der Waals surface area contributed by atoms with Crippen molar-refractivity contribution in [3.05, 3.63) is 41.2 Å². The molecule has 1 atom stereocenters. The second-order valence-corrected chi connectivity index (χ2v) is 7.07. The zero-order valence-corrected chi connectivity index (χ0v) is 14.5. The number of piperidine rings is 1. The number of likely N-dealkylation sites (tertiary alicyclic amines) is 1. The number of rotatable bonds is 6. The number of nitrogens with zero attached hydrogens (tertiary/aromatic N) is 3. The average molecular weight is 345 g/mol. The molecule has 2 aromatic rings. The molecule has 3 heterocycles. The van der Waals surface area contributed by atoms with Crippen LogP contribution < -0.4 is 11.1 Å². The molecule has 128 valence electrons. The zero-order valence-electron chi connectivity index (χ0n) is 13.6. The number of aryl methyl sites for hydroxylation is 1. The first kappa shape index (κ1) is 16.9. The third-order valence-corrected chi connectivity index (χ3v) is 4.90. The number of hydrogen-bond acceptors (Lipinski definition) is 6. The van der Waals surface area contributed by atoms with Crippen LogP contribution in [0.2, 0.25) is 0 Å². The Bertz CT molecular complexity index is 660. The maximum Gasteiger partial charge on any atom is 0.220 e. The first-order valence-corrected chi connectivity index (χ1v) is 9.17. The third kappa shape index (κ3) is 5.01. The Morgan fingerprint density at radius 3 is 3.17 bits per heavy atom. The molecule has 1 amide bonds. The van der Waals surface area contributed by atoms with Gasteiger partial charge in [0.15, 0.2) is 5.13 Å². The van der Waals surface area contributed by atoms with Crippen LogP contribution in [0.1, 0.15) is 30.5 Å². The van der Waals surface area contributed by atoms with Gasteiger partial charge in [0.1, 0.15) is 0 Å². The van der Waals surface area contributed by atoms with Gasteiger partial charge in [0.2, 0.25) is 5.91 Å². The van der Waals surface area contributed by atoms with E-state index in [-0.39, 0.29) is 11.9 Å². The smallest absolute Gasteiger partial charge is 0.220 e. The van der Waals surface area contributed by atoms with Crippen LogP contribution >= 0.6 is 11.3 Å². The van der Waals surface area contributed by atoms with Crippen LogP contribution in [-0.4, -0.2) is 39.9 Å². The number of carbonyl (C=O) groups excluding carboxylic acids is 1. The first-order chi connectivity index (χ1) is 11.7. The Morgan fingerprint density at radius 2 is 2.42 bits per heavy atom. The van der Waals surface area contributed by atoms with Gasteiger partial charge in [-0.1, -0.05) is 6.07 Å². The van der Waals surface area contributed by atoms with Crippen LogP contribution in [0.25, 0.3) is 0 Å². The summed E-state index contributed by atoms with van der Waals surface area (Å²) in [4.78, 5) is 22.9. The van der Waals surface area contributed by atoms with Gasteiger partial charge < -0.3 is 11.1 Å². The molecule has 0 radical (unpaired) electrons. The molecule has 7 heteroatoms. The molecule has 0 bridgehead atoms. The molecule has 1 aliphatic rings. The number of hydrogen-bond donors (Lipinski definition) is 2. The summed E-state index contributed by atoms with van der Waals surface area (Å²) in [5.74, 6) is 0.0924. The summed E-state index contributed by atoms with van der Waals surface area (Å²) in [5, 5.41) is 5.63. The van der Waals surface area contributed by atoms with E-state index in [0.29, 0.717) is 18.0 Å². The van der Waals surface area contributed by atoms with Crippen molar-refractivity contribution in [2.75, 3.05) is 18.8 Å². The number of nitrogens with two attached hydrogens (primary N) is 1. The van der Waals surface area contributed by atoms with E-state index in [4.69, 9.17) is 5.73 Å². The lowest BCUT2D eigenvalue weighted by atomic mass is 10.0. The Kier molecular flexibility index (Phi) is 5.77. The van der Waals surface area contributed by atoms with Gasteiger partial charge in [-0.15, -0.1) is 11.3 Å². The van der Waals surface area contributed by atoms with Gasteiger partial charge in [-0.25, -0.2) is 4.98 Å². The Hall–Kier alpha value is -1.99. The molecule has 1 aliphatic heterocycles. The predicted molar refractivity (Wildman–Crippen MR) is 95.5 cm³/mol. The Morgan fingerprint density at radius 1 is 1.50 bits per heavy atom. The van der Waals surface area contributed by atoms with E-state index < -0.39 is 0 Å². The maximum absolute atomic E-state index is 12.2. The summed E-state index contributed by atoms with van der Waals surface area (Å²) in [6, 6.07) is 4.28. The van der Waals surface area contributed by atoms with Gasteiger partial charge in [0.05, 0.1) is 5.69 Å². The van der Waals surface area contributed by atoms with E-state index in [9.17, 15) is 4.79 Å². The molecule has 0 aliphatic carbocycles. The molecule has 0 aromatic carbocycles. The molecule has 3 rings (SSSR count). The molecule has 3 N–H and O–H groups in total. The van der Waals surface area contributed by atoms with Crippen molar-refractivity contribution >= 4 is 22.4 Å². The molecule has 0 saturated carbocycles. The number of nitrogens with one attached hydrogen (secondary N) is 1. The molecule has 24 heavy (non-hydrogen) atoms. The lowest BCUT2D eigenvalue weighted by molar-refractivity contribution is -0.122. The molecular formula is C17H23N5OS. The average Bonchev–Trinajstić information content (AvgIpc) is 3.00. The van der Waals surface area contributed by atoms with Crippen molar-refractivity contribution in [3.63, 3.8) is 0 Å². The number of aromatic nitrogens is 2. The van der Waals surface area contributed by atoms with Crippen molar-refractivity contribution in [2.45, 2.75) is 38.3 Å². The Labute approximate surface area is 146 Å². The SMILES string of the molecule is Nc1nc(CCC(=O)N[C@@H]2CCCN(Cc3cccnc3)C2)cs1. The molecule has 0 unspecified atom stereocenters. The van der Waals surface area contributed by atoms with Gasteiger partial charge in [-0.2, -0.15) is 0 Å². The topological polar surface area (TPSA) is 84.1 Å². The predicted octanol–water partition coefficient (Wildman–Crippen LogP) is 1.83. The summed E-state index contributed by atoms with van der Waals surface area (Å²) in [6.45, 7) is 2.85. The third-order valence-electron chi connectivity index (χ3n) is 4.18. The van der Waals surface area contributed by atoms with Crippen LogP contribution in [0, 0.1) is 0 Å². The van der Waals surface area contributed by atoms with E-state index in [1.54, 1.807) is 6.20 Å². The van der Waals surface area contributed by atoms with Crippen LogP contribution in [0.15, 0.2) is 29.9 Å². The second kappa shape index (κ2) is 8.21. The quantitative estimate of drug-likeness (QED) is 0.834. The molecule has 6 nitrogen and oxygen atoms in total. The standard InChI is InChI=1S/C17H23N5OS/c18-17-21-15(12-24-17)5-6-16(23)20-14-4-2-8-22(11-14)10-13-3-1-7-19-9-13/h1,3,7,9,12,14H,2,4-6,8,10-11H2,(H2,18,21)(H,20,23)/t14-/m1/s1. The molecule has 1 fully saturated rings. The second-order valence-electron chi connectivity index (χ2n) is 6.18. The van der Waals surface area contributed by atoms with E-state index in [1.807, 2.05) is 17.6 Å². The zero-order chi connectivity index (χ0) is 16.8. The van der Waals surface area contributed by atoms with E-state index in [2.05, 4.69) is 26.3 Å². The van der Waals surface area contributed by atoms with Crippen LogP contribution in [-0.2, 0) is 17.8 Å². The minimum atomic E-state index is 0.0924. The Balaban J connectivity index is 1.43. The maximum atomic E-state index is 12.2. The van der Waals surface area contributed by atoms with Gasteiger partial charge in [-0.05, 0) is 37.4 Å². The highest BCUT2D eigenvalue weighted by Gasteiger charge is 2.21. The van der Waals surface area contributed by atoms with Crippen molar-refractivity contribution in [1.29, 1.82) is 0 Å². The first-order valence-electron chi connectivity index (χ1n) is 8.29. The number of amides is 1. The summed E-state index contributed by atoms with van der Waals surface area (Å²) >= 11 is 1.42. The number of nitrogen functional groups attached to an aromatic ring is 1. The van der Waals surface area contributed by atoms with E-state index in [0.717, 1.165) is 38.2 Å². The summed E-state index contributed by atoms with van der Waals surface area (Å²) < 4.78 is 0. The highest BCUT2D eigenvalue weighted by Crippen LogP contribution is 2.15. The van der Waals surface area contributed by atoms with E-state index >= 15 is 0 Å². The van der Waals surface area contributed by atoms with Crippen LogP contribution in [0.4, 0.5) is 5.13 Å². The highest BCUT2D eigenvalue weighted by atomic mass is 32.1. The summed E-state index contributed by atoms with van der Waals surface area (Å²) in [5.41, 5.74) is 7.72. The van der Waals surface area contributed by atoms with Crippen molar-refractivity contribution in [2.24, 2.45) is 0 Å². The van der Waals surface area contributed by atoms with Crippen molar-refractivity contribution in [3.8, 4) is 0 Å². The number of anilines is 1. The largest absolute Gasteiger partial charge is 0.375 e. The van der Waals surface area contributed by atoms with Gasteiger partial charge in [0.25, 0.3) is 0 Å². The van der Waals surface area contributed by atoms with Gasteiger partial charge in [-0.3, -0.25) is 14.7 Å². The molecule has 2 aromatic heterocycles. The fourth-order valence-electron chi connectivity index (χ4n) is 3.05. The minimum Gasteiger partial charge on any atom is -0.375 e. The van der Waals surface area contributed by atoms with Crippen molar-refractivity contribution < 1.29 is 4.79 Å². The fourth-order valence-corrected chi connectivity index (χ4v) is 3.64. The highest BCUT2D eigenvalue weighted by molar-refractivity contribution is 7.13. The number of carbonyl (C=O) groups is 1. The van der Waals surface area contributed by atoms with Crippen LogP contribution in [0.3, 0.4) is 0 Å². The summed E-state index contributed by atoms with van der Waals surface area (Å²) in [7, 11) is 0.